The van der Waals surface area contributed by atoms with Gasteiger partial charge in [-0.3, -0.25) is 9.59 Å². The summed E-state index contributed by atoms with van der Waals surface area (Å²) >= 11 is 0. The first-order chi connectivity index (χ1) is 5.58. The van der Waals surface area contributed by atoms with Gasteiger partial charge in [0.2, 0.25) is 6.29 Å². The molecule has 0 aromatic carbocycles. The molecule has 0 saturated heterocycles. The first kappa shape index (κ1) is 11.1. The molecular weight excluding hydrogens is 156 g/mol. The third-order valence-corrected chi connectivity index (χ3v) is 1.57. The van der Waals surface area contributed by atoms with Crippen molar-refractivity contribution in [2.75, 3.05) is 0 Å². The van der Waals surface area contributed by atoms with Crippen LogP contribution in [-0.2, 0) is 14.3 Å². The van der Waals surface area contributed by atoms with Gasteiger partial charge in [-0.25, -0.2) is 0 Å². The van der Waals surface area contributed by atoms with Crippen molar-refractivity contribution >= 4 is 12.3 Å². The summed E-state index contributed by atoms with van der Waals surface area (Å²) in [6.07, 6.45) is 3.37. The Kier molecular flexibility index (Phi) is 4.55. The van der Waals surface area contributed by atoms with Gasteiger partial charge in [-0.2, -0.15) is 0 Å². The number of esters is 1. The van der Waals surface area contributed by atoms with Crippen molar-refractivity contribution in [3.05, 3.63) is 0 Å². The van der Waals surface area contributed by atoms with E-state index >= 15 is 0 Å². The number of hydrogen-bond acceptors (Lipinski definition) is 3. The lowest BCUT2D eigenvalue weighted by molar-refractivity contribution is -0.152. The average Bonchev–Trinajstić information content (AvgIpc) is 2.05. The molecule has 1 atom stereocenters. The molecule has 0 heterocycles. The summed E-state index contributed by atoms with van der Waals surface area (Å²) < 4.78 is 4.91. The molecule has 3 nitrogen and oxygen atoms in total. The normalized spacial score (nSPS) is 14.9. The lowest BCUT2D eigenvalue weighted by atomic mass is 10.0. The molecule has 0 aliphatic carbocycles. The zero-order valence-corrected chi connectivity index (χ0v) is 7.85. The molecule has 0 spiro atoms. The van der Waals surface area contributed by atoms with Gasteiger partial charge in [0.15, 0.2) is 5.60 Å². The second-order valence-corrected chi connectivity index (χ2v) is 2.91. The van der Waals surface area contributed by atoms with Crippen molar-refractivity contribution in [1.82, 2.24) is 0 Å². The Bertz CT molecular complexity index is 165. The van der Waals surface area contributed by atoms with Crippen LogP contribution < -0.4 is 0 Å². The minimum atomic E-state index is -1.04. The van der Waals surface area contributed by atoms with Gasteiger partial charge in [-0.15, -0.1) is 0 Å². The van der Waals surface area contributed by atoms with Crippen LogP contribution in [0.2, 0.25) is 0 Å². The first-order valence-corrected chi connectivity index (χ1v) is 4.19. The van der Waals surface area contributed by atoms with Crippen LogP contribution in [-0.4, -0.2) is 17.9 Å². The molecule has 0 aliphatic rings. The van der Waals surface area contributed by atoms with Crippen molar-refractivity contribution in [2.45, 2.75) is 45.6 Å². The van der Waals surface area contributed by atoms with E-state index in [0.717, 1.165) is 6.42 Å². The molecule has 0 bridgehead atoms. The van der Waals surface area contributed by atoms with Crippen LogP contribution in [0.4, 0.5) is 0 Å². The van der Waals surface area contributed by atoms with Crippen molar-refractivity contribution in [3.8, 4) is 0 Å². The van der Waals surface area contributed by atoms with E-state index < -0.39 is 5.60 Å². The van der Waals surface area contributed by atoms with Gasteiger partial charge < -0.3 is 4.74 Å². The van der Waals surface area contributed by atoms with Crippen molar-refractivity contribution in [2.24, 2.45) is 0 Å². The fraction of sp³-hybridized carbons (Fsp3) is 0.778. The summed E-state index contributed by atoms with van der Waals surface area (Å²) in [5.41, 5.74) is -1.04. The number of rotatable bonds is 5. The minimum absolute atomic E-state index is 0.293. The Morgan fingerprint density at radius 3 is 2.42 bits per heavy atom. The largest absolute Gasteiger partial charge is 0.451 e. The zero-order chi connectivity index (χ0) is 9.61. The van der Waals surface area contributed by atoms with Gasteiger partial charge >= 0.3 is 5.97 Å². The highest BCUT2D eigenvalue weighted by molar-refractivity contribution is 5.74. The maximum atomic E-state index is 10.9. The molecule has 12 heavy (non-hydrogen) atoms. The molecule has 0 aromatic heterocycles. The smallest absolute Gasteiger partial charge is 0.306 e. The van der Waals surface area contributed by atoms with Gasteiger partial charge in [-0.1, -0.05) is 20.3 Å². The maximum Gasteiger partial charge on any atom is 0.306 e. The van der Waals surface area contributed by atoms with E-state index in [1.807, 2.05) is 6.92 Å². The van der Waals surface area contributed by atoms with Crippen LogP contribution in [0.3, 0.4) is 0 Å². The lowest BCUT2D eigenvalue weighted by Gasteiger charge is -2.21. The van der Waals surface area contributed by atoms with E-state index in [4.69, 9.17) is 4.74 Å². The van der Waals surface area contributed by atoms with Crippen LogP contribution in [0, 0.1) is 0 Å². The van der Waals surface area contributed by atoms with Gasteiger partial charge in [0.05, 0.1) is 0 Å². The Balaban J connectivity index is 4.12. The van der Waals surface area contributed by atoms with E-state index in [0.29, 0.717) is 12.8 Å². The number of ether oxygens (including phenoxy) is 1. The average molecular weight is 171 g/mol. The number of carbonyl (C=O) groups excluding carboxylic acids is 2. The molecule has 1 unspecified atom stereocenters. The fourth-order valence-corrected chi connectivity index (χ4v) is 0.923. The van der Waals surface area contributed by atoms with Crippen molar-refractivity contribution in [3.63, 3.8) is 0 Å². The summed E-state index contributed by atoms with van der Waals surface area (Å²) in [6, 6.07) is 0. The molecule has 0 aliphatic heterocycles. The van der Waals surface area contributed by atoms with Gasteiger partial charge in [0.25, 0.3) is 0 Å². The standard InChI is InChI=1S/C9H15O3/c1-4-6-9(3,7-10)12-8(11)5-2/h4-6H2,1-3H3. The quantitative estimate of drug-likeness (QED) is 0.590. The molecule has 69 valence electrons. The predicted octanol–water partition coefficient (Wildman–Crippen LogP) is 1.61. The lowest BCUT2D eigenvalue weighted by Crippen LogP contribution is -2.32. The molecule has 0 fully saturated rings. The van der Waals surface area contributed by atoms with Gasteiger partial charge in [0, 0.05) is 6.42 Å². The second kappa shape index (κ2) is 4.91. The van der Waals surface area contributed by atoms with Gasteiger partial charge in [0.1, 0.15) is 0 Å². The monoisotopic (exact) mass is 171 g/mol. The Labute approximate surface area is 73.1 Å². The van der Waals surface area contributed by atoms with Crippen molar-refractivity contribution < 1.29 is 14.3 Å². The number of hydrogen-bond donors (Lipinski definition) is 0. The van der Waals surface area contributed by atoms with Crippen LogP contribution in [0.15, 0.2) is 0 Å². The highest BCUT2D eigenvalue weighted by Gasteiger charge is 2.27. The summed E-state index contributed by atoms with van der Waals surface area (Å²) in [6.45, 7) is 5.20. The molecular formula is C9H15O3. The van der Waals surface area contributed by atoms with Gasteiger partial charge in [-0.05, 0) is 13.3 Å². The van der Waals surface area contributed by atoms with E-state index in [1.54, 1.807) is 20.1 Å². The SMILES string of the molecule is CCCC(C)([C]=O)OC(=O)CC. The van der Waals surface area contributed by atoms with Crippen LogP contribution in [0.25, 0.3) is 0 Å². The van der Waals surface area contributed by atoms with Crippen LogP contribution in [0.1, 0.15) is 40.0 Å². The summed E-state index contributed by atoms with van der Waals surface area (Å²) in [7, 11) is 0. The third-order valence-electron chi connectivity index (χ3n) is 1.57. The first-order valence-electron chi connectivity index (χ1n) is 4.19. The summed E-state index contributed by atoms with van der Waals surface area (Å²) in [5.74, 6) is -0.352. The molecule has 3 heteroatoms. The fourth-order valence-electron chi connectivity index (χ4n) is 0.923. The molecule has 0 rings (SSSR count). The summed E-state index contributed by atoms with van der Waals surface area (Å²) in [5, 5.41) is 0. The van der Waals surface area contributed by atoms with Crippen LogP contribution in [0.5, 0.6) is 0 Å². The predicted molar refractivity (Wildman–Crippen MR) is 45.4 cm³/mol. The minimum Gasteiger partial charge on any atom is -0.451 e. The third kappa shape index (κ3) is 3.51. The number of carbonyl (C=O) groups is 1. The molecule has 0 aromatic rings. The van der Waals surface area contributed by atoms with E-state index in [-0.39, 0.29) is 5.97 Å². The maximum absolute atomic E-state index is 10.9. The molecule has 0 saturated carbocycles. The Hall–Kier alpha value is -0.860. The van der Waals surface area contributed by atoms with E-state index in [2.05, 4.69) is 0 Å². The molecule has 0 N–H and O–H groups in total. The molecule has 1 radical (unpaired) electrons. The summed E-state index contributed by atoms with van der Waals surface area (Å²) in [4.78, 5) is 21.3. The van der Waals surface area contributed by atoms with E-state index in [1.165, 1.54) is 0 Å². The highest BCUT2D eigenvalue weighted by Crippen LogP contribution is 2.15. The topological polar surface area (TPSA) is 43.4 Å². The molecule has 0 amide bonds. The van der Waals surface area contributed by atoms with Crippen molar-refractivity contribution in [1.29, 1.82) is 0 Å². The van der Waals surface area contributed by atoms with Crippen LogP contribution >= 0.6 is 0 Å². The Morgan fingerprint density at radius 2 is 2.08 bits per heavy atom. The zero-order valence-electron chi connectivity index (χ0n) is 7.85. The second-order valence-electron chi connectivity index (χ2n) is 2.91. The Morgan fingerprint density at radius 1 is 1.50 bits per heavy atom. The highest BCUT2D eigenvalue weighted by atomic mass is 16.6. The van der Waals surface area contributed by atoms with E-state index in [9.17, 15) is 9.59 Å².